The number of rotatable bonds is 5. The number of H-pyrrole nitrogens is 1. The number of para-hydroxylation sites is 1. The number of anilines is 1. The zero-order valence-electron chi connectivity index (χ0n) is 20.2. The van der Waals surface area contributed by atoms with E-state index < -0.39 is 28.5 Å². The summed E-state index contributed by atoms with van der Waals surface area (Å²) in [5.74, 6) is -3.00. The van der Waals surface area contributed by atoms with Gasteiger partial charge in [0.05, 0.1) is 24.7 Å². The van der Waals surface area contributed by atoms with Crippen molar-refractivity contribution >= 4 is 32.5 Å². The van der Waals surface area contributed by atoms with Crippen LogP contribution in [0.5, 0.6) is 0 Å². The quantitative estimate of drug-likeness (QED) is 0.547. The van der Waals surface area contributed by atoms with E-state index in [2.05, 4.69) is 4.98 Å². The smallest absolute Gasteiger partial charge is 0.266 e. The molecule has 6 rings (SSSR count). The molecule has 0 radical (unpaired) electrons. The van der Waals surface area contributed by atoms with Gasteiger partial charge in [0.2, 0.25) is 15.9 Å². The highest BCUT2D eigenvalue weighted by Crippen LogP contribution is 2.40. The molecule has 3 saturated heterocycles. The number of hydrogen-bond donors (Lipinski definition) is 1. The van der Waals surface area contributed by atoms with Crippen molar-refractivity contribution in [3.63, 3.8) is 0 Å². The Kier molecular flexibility index (Phi) is 5.96. The number of sulfonamides is 1. The lowest BCUT2D eigenvalue weighted by molar-refractivity contribution is -0.142. The van der Waals surface area contributed by atoms with Crippen LogP contribution in [0.1, 0.15) is 12.8 Å². The van der Waals surface area contributed by atoms with Gasteiger partial charge in [0.15, 0.2) is 0 Å². The molecule has 11 heteroatoms. The van der Waals surface area contributed by atoms with Crippen LogP contribution >= 0.6 is 0 Å². The molecule has 8 nitrogen and oxygen atoms in total. The predicted molar refractivity (Wildman–Crippen MR) is 135 cm³/mol. The first-order valence-corrected chi connectivity index (χ1v) is 13.9. The summed E-state index contributed by atoms with van der Waals surface area (Å²) in [5.41, 5.74) is 2.59. The van der Waals surface area contributed by atoms with Gasteiger partial charge in [-0.15, -0.1) is 0 Å². The maximum Gasteiger partial charge on any atom is 0.266 e. The highest BCUT2D eigenvalue weighted by molar-refractivity contribution is 7.89. The van der Waals surface area contributed by atoms with Gasteiger partial charge in [-0.05, 0) is 36.8 Å². The number of halogens is 2. The molecule has 0 bridgehead atoms. The highest BCUT2D eigenvalue weighted by atomic mass is 32.2. The van der Waals surface area contributed by atoms with E-state index >= 15 is 0 Å². The zero-order chi connectivity index (χ0) is 25.8. The summed E-state index contributed by atoms with van der Waals surface area (Å²) < 4.78 is 62.1. The third-order valence-corrected chi connectivity index (χ3v) is 9.39. The van der Waals surface area contributed by atoms with Crippen LogP contribution in [0.3, 0.4) is 0 Å². The molecule has 4 heterocycles. The predicted octanol–water partition coefficient (Wildman–Crippen LogP) is 3.30. The van der Waals surface area contributed by atoms with Crippen molar-refractivity contribution in [2.24, 2.45) is 0 Å². The Labute approximate surface area is 213 Å². The van der Waals surface area contributed by atoms with E-state index in [9.17, 15) is 22.0 Å². The van der Waals surface area contributed by atoms with Crippen molar-refractivity contribution in [3.8, 4) is 11.3 Å². The number of hydrogen-bond acceptors (Lipinski definition) is 5. The maximum absolute atomic E-state index is 14.1. The lowest BCUT2D eigenvalue weighted by Crippen LogP contribution is -2.60. The number of amides is 1. The van der Waals surface area contributed by atoms with E-state index in [0.29, 0.717) is 49.7 Å². The third-order valence-electron chi connectivity index (χ3n) is 7.48. The number of fused-ring (bicyclic) bond motifs is 1. The summed E-state index contributed by atoms with van der Waals surface area (Å²) in [6.07, 6.45) is 0.212. The Hall–Kier alpha value is -3.02. The minimum Gasteiger partial charge on any atom is -0.378 e. The molecule has 37 heavy (non-hydrogen) atoms. The van der Waals surface area contributed by atoms with Crippen molar-refractivity contribution in [2.75, 3.05) is 50.8 Å². The normalized spacial score (nSPS) is 22.4. The third kappa shape index (κ3) is 4.38. The van der Waals surface area contributed by atoms with Crippen LogP contribution in [-0.2, 0) is 19.6 Å². The molecule has 1 N–H and O–H groups in total. The number of nitrogens with zero attached hydrogens (tertiary/aromatic N) is 3. The molecule has 0 spiro atoms. The SMILES string of the molecule is O=C([C@@H]1CCN1S(=O)(=O)c1ccc(N2CCC(F)(F)C2)c(-c2cc3ccccc3[nH]2)c1)N1CCOCC1. The fourth-order valence-corrected chi connectivity index (χ4v) is 7.01. The molecule has 3 fully saturated rings. The molecular formula is C26H28F2N4O4S. The van der Waals surface area contributed by atoms with Crippen LogP contribution in [0, 0.1) is 0 Å². The van der Waals surface area contributed by atoms with Crippen molar-refractivity contribution in [1.29, 1.82) is 0 Å². The first kappa shape index (κ1) is 24.3. The summed E-state index contributed by atoms with van der Waals surface area (Å²) in [6.45, 7) is 1.78. The van der Waals surface area contributed by atoms with Gasteiger partial charge in [0, 0.05) is 60.4 Å². The van der Waals surface area contributed by atoms with E-state index in [4.69, 9.17) is 4.74 Å². The topological polar surface area (TPSA) is 86.0 Å². The summed E-state index contributed by atoms with van der Waals surface area (Å²) >= 11 is 0. The second-order valence-electron chi connectivity index (χ2n) is 9.83. The van der Waals surface area contributed by atoms with Crippen molar-refractivity contribution in [2.45, 2.75) is 29.7 Å². The van der Waals surface area contributed by atoms with Gasteiger partial charge in [0.1, 0.15) is 6.04 Å². The highest BCUT2D eigenvalue weighted by Gasteiger charge is 2.45. The van der Waals surface area contributed by atoms with Gasteiger partial charge in [-0.2, -0.15) is 4.31 Å². The molecule has 3 aliphatic heterocycles. The molecule has 1 aromatic heterocycles. The van der Waals surface area contributed by atoms with Gasteiger partial charge in [0.25, 0.3) is 5.92 Å². The minimum absolute atomic E-state index is 0.0374. The number of aromatic nitrogens is 1. The molecule has 0 aliphatic carbocycles. The van der Waals surface area contributed by atoms with Gasteiger partial charge < -0.3 is 19.5 Å². The second kappa shape index (κ2) is 9.07. The van der Waals surface area contributed by atoms with Crippen LogP contribution < -0.4 is 4.90 Å². The molecule has 0 saturated carbocycles. The molecule has 3 aromatic rings. The van der Waals surface area contributed by atoms with E-state index in [1.807, 2.05) is 30.3 Å². The molecule has 1 amide bonds. The standard InChI is InChI=1S/C26H28F2N4O4S/c27-26(28)8-10-31(17-26)23-6-5-19(16-20(23)22-15-18-3-1-2-4-21(18)29-22)37(34,35)32-9-7-24(32)25(33)30-11-13-36-14-12-30/h1-6,15-16,24,29H,7-14,17H2/t24-/m0/s1. The molecule has 3 aliphatic rings. The largest absolute Gasteiger partial charge is 0.378 e. The average Bonchev–Trinajstić information content (AvgIpc) is 3.46. The van der Waals surface area contributed by atoms with E-state index in [0.717, 1.165) is 10.9 Å². The summed E-state index contributed by atoms with van der Waals surface area (Å²) in [5, 5.41) is 0.933. The Balaban J connectivity index is 1.37. The Bertz CT molecular complexity index is 1420. The van der Waals surface area contributed by atoms with Crippen LogP contribution in [0.25, 0.3) is 22.2 Å². The minimum atomic E-state index is -3.98. The molecule has 2 aromatic carbocycles. The molecular weight excluding hydrogens is 502 g/mol. The van der Waals surface area contributed by atoms with E-state index in [1.165, 1.54) is 10.4 Å². The first-order valence-electron chi connectivity index (χ1n) is 12.5. The maximum atomic E-state index is 14.1. The van der Waals surface area contributed by atoms with Gasteiger partial charge in [-0.3, -0.25) is 4.79 Å². The fraction of sp³-hybridized carbons (Fsp3) is 0.423. The van der Waals surface area contributed by atoms with Crippen LogP contribution in [0.15, 0.2) is 53.4 Å². The summed E-state index contributed by atoms with van der Waals surface area (Å²) in [7, 11) is -3.98. The fourth-order valence-electron chi connectivity index (χ4n) is 5.35. The lowest BCUT2D eigenvalue weighted by Gasteiger charge is -2.41. The van der Waals surface area contributed by atoms with Gasteiger partial charge in [-0.1, -0.05) is 18.2 Å². The van der Waals surface area contributed by atoms with Crippen molar-refractivity contribution in [1.82, 2.24) is 14.2 Å². The number of benzene rings is 2. The number of alkyl halides is 2. The number of aromatic amines is 1. The summed E-state index contributed by atoms with van der Waals surface area (Å²) in [6, 6.07) is 13.4. The van der Waals surface area contributed by atoms with Gasteiger partial charge >= 0.3 is 0 Å². The van der Waals surface area contributed by atoms with Crippen LogP contribution in [-0.4, -0.2) is 86.4 Å². The number of ether oxygens (including phenoxy) is 1. The zero-order valence-corrected chi connectivity index (χ0v) is 21.0. The molecule has 1 atom stereocenters. The molecule has 0 unspecified atom stereocenters. The Morgan fingerprint density at radius 3 is 2.49 bits per heavy atom. The van der Waals surface area contributed by atoms with Crippen molar-refractivity contribution in [3.05, 3.63) is 48.5 Å². The monoisotopic (exact) mass is 530 g/mol. The summed E-state index contributed by atoms with van der Waals surface area (Å²) in [4.78, 5) is 19.6. The second-order valence-corrected chi connectivity index (χ2v) is 11.7. The number of carbonyl (C=O) groups is 1. The average molecular weight is 531 g/mol. The van der Waals surface area contributed by atoms with Crippen molar-refractivity contribution < 1.29 is 26.7 Å². The number of carbonyl (C=O) groups excluding carboxylic acids is 1. The molecule has 196 valence electrons. The van der Waals surface area contributed by atoms with Gasteiger partial charge in [-0.25, -0.2) is 17.2 Å². The first-order chi connectivity index (χ1) is 17.7. The Morgan fingerprint density at radius 1 is 1.03 bits per heavy atom. The van der Waals surface area contributed by atoms with Crippen LogP contribution in [0.2, 0.25) is 0 Å². The lowest BCUT2D eigenvalue weighted by atomic mass is 10.1. The number of nitrogens with one attached hydrogen (secondary N) is 1. The Morgan fingerprint density at radius 2 is 1.81 bits per heavy atom. The van der Waals surface area contributed by atoms with E-state index in [-0.39, 0.29) is 30.3 Å². The number of morpholine rings is 1. The van der Waals surface area contributed by atoms with Crippen LogP contribution in [0.4, 0.5) is 14.5 Å². The van der Waals surface area contributed by atoms with E-state index in [1.54, 1.807) is 21.9 Å².